The van der Waals surface area contributed by atoms with Crippen LogP contribution in [0.3, 0.4) is 0 Å². The molecule has 2 amide bonds. The number of rotatable bonds is 4. The van der Waals surface area contributed by atoms with Crippen LogP contribution >= 0.6 is 0 Å². The Morgan fingerprint density at radius 3 is 2.20 bits per heavy atom. The largest absolute Gasteiger partial charge is 0.497 e. The molecule has 4 rings (SSSR count). The molecule has 158 valence electrons. The molecule has 0 spiro atoms. The lowest BCUT2D eigenvalue weighted by Crippen LogP contribution is -2.54. The number of halogens is 1. The van der Waals surface area contributed by atoms with E-state index in [4.69, 9.17) is 4.74 Å². The Labute approximate surface area is 174 Å². The van der Waals surface area contributed by atoms with Gasteiger partial charge in [0.2, 0.25) is 5.91 Å². The van der Waals surface area contributed by atoms with Gasteiger partial charge in [0.25, 0.3) is 5.91 Å². The maximum Gasteiger partial charge on any atom is 0.253 e. The average Bonchev–Trinajstić information content (AvgIpc) is 3.29. The van der Waals surface area contributed by atoms with E-state index >= 15 is 0 Å². The van der Waals surface area contributed by atoms with Crippen LogP contribution in [0.15, 0.2) is 48.5 Å². The average molecular weight is 412 g/mol. The first-order valence-electron chi connectivity index (χ1n) is 10.0. The van der Waals surface area contributed by atoms with Gasteiger partial charge in [-0.05, 0) is 48.4 Å². The van der Waals surface area contributed by atoms with Crippen molar-refractivity contribution in [2.24, 2.45) is 0 Å². The van der Waals surface area contributed by atoms with Crippen molar-refractivity contribution in [2.75, 3.05) is 33.3 Å². The highest BCUT2D eigenvalue weighted by atomic mass is 19.1. The van der Waals surface area contributed by atoms with Gasteiger partial charge in [-0.2, -0.15) is 0 Å². The highest BCUT2D eigenvalue weighted by molar-refractivity contribution is 5.94. The molecular formula is C22H25FN4O3. The first-order chi connectivity index (χ1) is 14.5. The van der Waals surface area contributed by atoms with E-state index in [2.05, 4.69) is 10.9 Å². The summed E-state index contributed by atoms with van der Waals surface area (Å²) in [6, 6.07) is 13.1. The minimum atomic E-state index is -0.368. The van der Waals surface area contributed by atoms with E-state index in [-0.39, 0.29) is 29.7 Å². The van der Waals surface area contributed by atoms with Gasteiger partial charge in [0.05, 0.1) is 7.11 Å². The first kappa shape index (κ1) is 20.3. The molecule has 2 aromatic rings. The second kappa shape index (κ2) is 8.81. The van der Waals surface area contributed by atoms with Crippen molar-refractivity contribution in [2.45, 2.75) is 18.5 Å². The number of nitrogens with one attached hydrogen (secondary N) is 2. The van der Waals surface area contributed by atoms with Crippen LogP contribution in [0.25, 0.3) is 0 Å². The molecule has 2 atom stereocenters. The number of hydrazine groups is 1. The van der Waals surface area contributed by atoms with Crippen molar-refractivity contribution >= 4 is 11.8 Å². The van der Waals surface area contributed by atoms with Crippen molar-refractivity contribution in [1.29, 1.82) is 0 Å². The van der Waals surface area contributed by atoms with E-state index in [0.717, 1.165) is 11.3 Å². The monoisotopic (exact) mass is 412 g/mol. The van der Waals surface area contributed by atoms with E-state index in [1.54, 1.807) is 16.9 Å². The molecule has 2 fully saturated rings. The molecule has 2 saturated heterocycles. The maximum absolute atomic E-state index is 13.1. The van der Waals surface area contributed by atoms with Crippen LogP contribution in [-0.2, 0) is 4.79 Å². The standard InChI is InChI=1S/C22H25FN4O3/c1-30-18-8-4-15(5-9-18)19-14-20(25-24-19)22(29)27-12-10-26(11-13-27)21(28)16-2-6-17(23)7-3-16/h2-9,19-20,24-25H,10-14H2,1H3. The summed E-state index contributed by atoms with van der Waals surface area (Å²) in [4.78, 5) is 29.0. The van der Waals surface area contributed by atoms with E-state index in [1.165, 1.54) is 24.3 Å². The molecule has 0 aliphatic carbocycles. The lowest BCUT2D eigenvalue weighted by molar-refractivity contribution is -0.134. The van der Waals surface area contributed by atoms with Crippen LogP contribution < -0.4 is 15.6 Å². The highest BCUT2D eigenvalue weighted by Gasteiger charge is 2.34. The van der Waals surface area contributed by atoms with Crippen molar-refractivity contribution in [1.82, 2.24) is 20.7 Å². The number of carbonyl (C=O) groups is 2. The highest BCUT2D eigenvalue weighted by Crippen LogP contribution is 2.25. The number of nitrogens with zero attached hydrogens (tertiary/aromatic N) is 2. The minimum absolute atomic E-state index is 0.0346. The fourth-order valence-electron chi connectivity index (χ4n) is 3.90. The maximum atomic E-state index is 13.1. The van der Waals surface area contributed by atoms with E-state index in [9.17, 15) is 14.0 Å². The van der Waals surface area contributed by atoms with Crippen LogP contribution in [0.2, 0.25) is 0 Å². The van der Waals surface area contributed by atoms with E-state index in [0.29, 0.717) is 38.2 Å². The zero-order valence-electron chi connectivity index (χ0n) is 16.8. The molecule has 0 bridgehead atoms. The summed E-state index contributed by atoms with van der Waals surface area (Å²) in [5, 5.41) is 0. The van der Waals surface area contributed by atoms with Gasteiger partial charge in [-0.1, -0.05) is 12.1 Å². The van der Waals surface area contributed by atoms with Gasteiger partial charge in [0.1, 0.15) is 17.6 Å². The Hall–Kier alpha value is -2.97. The molecule has 0 saturated carbocycles. The van der Waals surface area contributed by atoms with Gasteiger partial charge in [-0.15, -0.1) is 0 Å². The molecular weight excluding hydrogens is 387 g/mol. The Bertz CT molecular complexity index is 896. The van der Waals surface area contributed by atoms with Crippen LogP contribution in [0.1, 0.15) is 28.4 Å². The lowest BCUT2D eigenvalue weighted by Gasteiger charge is -2.36. The summed E-state index contributed by atoms with van der Waals surface area (Å²) >= 11 is 0. The third-order valence-corrected chi connectivity index (χ3v) is 5.69. The summed E-state index contributed by atoms with van der Waals surface area (Å²) in [7, 11) is 1.63. The van der Waals surface area contributed by atoms with Crippen LogP contribution in [0.4, 0.5) is 4.39 Å². The topological polar surface area (TPSA) is 73.9 Å². The normalized spacial score (nSPS) is 21.5. The molecule has 2 unspecified atom stereocenters. The summed E-state index contributed by atoms with van der Waals surface area (Å²) in [6.45, 7) is 1.89. The molecule has 2 N–H and O–H groups in total. The second-order valence-electron chi connectivity index (χ2n) is 7.53. The van der Waals surface area contributed by atoms with Crippen molar-refractivity contribution < 1.29 is 18.7 Å². The third-order valence-electron chi connectivity index (χ3n) is 5.69. The van der Waals surface area contributed by atoms with E-state index in [1.807, 2.05) is 24.3 Å². The Morgan fingerprint density at radius 2 is 1.57 bits per heavy atom. The van der Waals surface area contributed by atoms with Gasteiger partial charge in [-0.25, -0.2) is 15.2 Å². The van der Waals surface area contributed by atoms with Crippen LogP contribution in [-0.4, -0.2) is 60.9 Å². The van der Waals surface area contributed by atoms with Gasteiger partial charge in [-0.3, -0.25) is 9.59 Å². The summed E-state index contributed by atoms with van der Waals surface area (Å²) in [5.74, 6) is 0.327. The van der Waals surface area contributed by atoms with Gasteiger partial charge in [0, 0.05) is 37.8 Å². The second-order valence-corrected chi connectivity index (χ2v) is 7.53. The molecule has 7 nitrogen and oxygen atoms in total. The molecule has 2 aromatic carbocycles. The molecule has 30 heavy (non-hydrogen) atoms. The van der Waals surface area contributed by atoms with Gasteiger partial charge in [0.15, 0.2) is 0 Å². The Kier molecular flexibility index (Phi) is 5.96. The fraction of sp³-hybridized carbons (Fsp3) is 0.364. The minimum Gasteiger partial charge on any atom is -0.497 e. The number of hydrogen-bond donors (Lipinski definition) is 2. The molecule has 2 aliphatic rings. The summed E-state index contributed by atoms with van der Waals surface area (Å²) in [5.41, 5.74) is 7.86. The Balaban J connectivity index is 1.30. The zero-order chi connectivity index (χ0) is 21.1. The molecule has 0 aromatic heterocycles. The first-order valence-corrected chi connectivity index (χ1v) is 10.0. The number of methoxy groups -OCH3 is 1. The van der Waals surface area contributed by atoms with Crippen molar-refractivity contribution in [3.8, 4) is 5.75 Å². The van der Waals surface area contributed by atoms with Crippen molar-refractivity contribution in [3.05, 3.63) is 65.5 Å². The summed E-state index contributed by atoms with van der Waals surface area (Å²) < 4.78 is 18.3. The summed E-state index contributed by atoms with van der Waals surface area (Å²) in [6.07, 6.45) is 0.653. The predicted octanol–water partition coefficient (Wildman–Crippen LogP) is 1.73. The number of piperazine rings is 1. The SMILES string of the molecule is COc1ccc(C2CC(C(=O)N3CCN(C(=O)c4ccc(F)cc4)CC3)NN2)cc1. The molecule has 0 radical (unpaired) electrons. The third kappa shape index (κ3) is 4.29. The van der Waals surface area contributed by atoms with Crippen LogP contribution in [0, 0.1) is 5.82 Å². The quantitative estimate of drug-likeness (QED) is 0.800. The Morgan fingerprint density at radius 1 is 0.933 bits per heavy atom. The van der Waals surface area contributed by atoms with Gasteiger partial charge < -0.3 is 14.5 Å². The fourth-order valence-corrected chi connectivity index (χ4v) is 3.90. The number of hydrogen-bond acceptors (Lipinski definition) is 5. The predicted molar refractivity (Wildman–Crippen MR) is 109 cm³/mol. The zero-order valence-corrected chi connectivity index (χ0v) is 16.8. The number of ether oxygens (including phenoxy) is 1. The van der Waals surface area contributed by atoms with Crippen LogP contribution in [0.5, 0.6) is 5.75 Å². The molecule has 8 heteroatoms. The smallest absolute Gasteiger partial charge is 0.253 e. The lowest BCUT2D eigenvalue weighted by atomic mass is 10.0. The van der Waals surface area contributed by atoms with Gasteiger partial charge >= 0.3 is 0 Å². The van der Waals surface area contributed by atoms with E-state index < -0.39 is 0 Å². The number of carbonyl (C=O) groups excluding carboxylic acids is 2. The van der Waals surface area contributed by atoms with Crippen molar-refractivity contribution in [3.63, 3.8) is 0 Å². The molecule has 2 heterocycles. The number of amides is 2. The number of benzene rings is 2. The molecule has 2 aliphatic heterocycles.